The van der Waals surface area contributed by atoms with Crippen molar-refractivity contribution in [3.8, 4) is 11.5 Å². The number of hydrogen-bond donors (Lipinski definition) is 2. The van der Waals surface area contributed by atoms with E-state index in [0.717, 1.165) is 9.40 Å². The number of aromatic hydroxyl groups is 2. The Hall–Kier alpha value is -2.07. The Morgan fingerprint density at radius 2 is 1.29 bits per heavy atom. The van der Waals surface area contributed by atoms with Crippen LogP contribution in [0.2, 0.25) is 0 Å². The van der Waals surface area contributed by atoms with Crippen molar-refractivity contribution in [1.29, 1.82) is 0 Å². The lowest BCUT2D eigenvalue weighted by molar-refractivity contribution is 0.476. The summed E-state index contributed by atoms with van der Waals surface area (Å²) in [4.78, 5) is 12.2. The molecule has 0 spiro atoms. The Balaban J connectivity index is 2.58. The van der Waals surface area contributed by atoms with E-state index in [1.165, 1.54) is 23.5 Å². The zero-order valence-corrected chi connectivity index (χ0v) is 9.49. The van der Waals surface area contributed by atoms with Gasteiger partial charge in [-0.2, -0.15) is 0 Å². The Morgan fingerprint density at radius 3 is 1.76 bits per heavy atom. The average Bonchev–Trinajstić information content (AvgIpc) is 2.32. The third-order valence-corrected chi connectivity index (χ3v) is 3.79. The van der Waals surface area contributed by atoms with Gasteiger partial charge in [-0.3, -0.25) is 4.79 Å². The number of benzene rings is 2. The minimum atomic E-state index is -0.166. The fraction of sp³-hybridized carbons (Fsp3) is 0. The molecule has 0 saturated carbocycles. The van der Waals surface area contributed by atoms with Crippen LogP contribution in [0.15, 0.2) is 41.2 Å². The minimum Gasteiger partial charge on any atom is -0.508 e. The Bertz CT molecular complexity index is 727. The largest absolute Gasteiger partial charge is 0.508 e. The molecule has 3 aromatic rings. The SMILES string of the molecule is O=c1c2cc(O)ccc2sc2ccc(O)cc12. The zero-order valence-electron chi connectivity index (χ0n) is 8.68. The second-order valence-corrected chi connectivity index (χ2v) is 4.88. The monoisotopic (exact) mass is 244 g/mol. The van der Waals surface area contributed by atoms with Crippen molar-refractivity contribution in [3.05, 3.63) is 46.6 Å². The zero-order chi connectivity index (χ0) is 12.0. The lowest BCUT2D eigenvalue weighted by Gasteiger charge is -2.01. The molecule has 1 aromatic heterocycles. The van der Waals surface area contributed by atoms with E-state index in [2.05, 4.69) is 0 Å². The van der Waals surface area contributed by atoms with Crippen LogP contribution in [0, 0.1) is 0 Å². The van der Waals surface area contributed by atoms with E-state index in [1.807, 2.05) is 0 Å². The van der Waals surface area contributed by atoms with Gasteiger partial charge in [-0.05, 0) is 36.4 Å². The summed E-state index contributed by atoms with van der Waals surface area (Å²) in [5.74, 6) is 0.141. The van der Waals surface area contributed by atoms with E-state index in [1.54, 1.807) is 24.3 Å². The van der Waals surface area contributed by atoms with Gasteiger partial charge in [0.05, 0.1) is 0 Å². The lowest BCUT2D eigenvalue weighted by Crippen LogP contribution is -2.00. The molecule has 17 heavy (non-hydrogen) atoms. The molecule has 84 valence electrons. The number of hydrogen-bond acceptors (Lipinski definition) is 4. The van der Waals surface area contributed by atoms with Crippen molar-refractivity contribution < 1.29 is 10.2 Å². The van der Waals surface area contributed by atoms with Crippen LogP contribution in [0.5, 0.6) is 11.5 Å². The van der Waals surface area contributed by atoms with Crippen LogP contribution >= 0.6 is 11.3 Å². The number of fused-ring (bicyclic) bond motifs is 2. The molecular weight excluding hydrogens is 236 g/mol. The molecule has 0 radical (unpaired) electrons. The van der Waals surface area contributed by atoms with Crippen LogP contribution in [0.25, 0.3) is 20.2 Å². The highest BCUT2D eigenvalue weighted by molar-refractivity contribution is 7.24. The number of rotatable bonds is 0. The van der Waals surface area contributed by atoms with Gasteiger partial charge in [0.1, 0.15) is 11.5 Å². The van der Waals surface area contributed by atoms with Gasteiger partial charge in [-0.1, -0.05) is 0 Å². The third-order valence-electron chi connectivity index (χ3n) is 2.64. The van der Waals surface area contributed by atoms with E-state index < -0.39 is 0 Å². The number of phenolic OH excluding ortho intramolecular Hbond substituents is 2. The molecule has 2 N–H and O–H groups in total. The predicted molar refractivity (Wildman–Crippen MR) is 68.9 cm³/mol. The van der Waals surface area contributed by atoms with Crippen molar-refractivity contribution >= 4 is 31.5 Å². The summed E-state index contributed by atoms with van der Waals surface area (Å²) in [7, 11) is 0. The van der Waals surface area contributed by atoms with Gasteiger partial charge in [-0.25, -0.2) is 0 Å². The van der Waals surface area contributed by atoms with Crippen LogP contribution in [0.4, 0.5) is 0 Å². The standard InChI is InChI=1S/C13H8O3S/c14-7-1-3-11-9(5-7)13(16)10-6-8(15)2-4-12(10)17-11/h1-6,14-15H. The average molecular weight is 244 g/mol. The van der Waals surface area contributed by atoms with Crippen molar-refractivity contribution in [3.63, 3.8) is 0 Å². The highest BCUT2D eigenvalue weighted by atomic mass is 32.1. The van der Waals surface area contributed by atoms with E-state index in [-0.39, 0.29) is 16.9 Å². The molecule has 3 nitrogen and oxygen atoms in total. The van der Waals surface area contributed by atoms with E-state index in [0.29, 0.717) is 10.8 Å². The van der Waals surface area contributed by atoms with Gasteiger partial charge in [0.25, 0.3) is 0 Å². The molecule has 0 fully saturated rings. The molecule has 0 aliphatic carbocycles. The Morgan fingerprint density at radius 1 is 0.824 bits per heavy atom. The summed E-state index contributed by atoms with van der Waals surface area (Å²) >= 11 is 1.46. The molecule has 0 amide bonds. The molecule has 4 heteroatoms. The molecule has 1 heterocycles. The topological polar surface area (TPSA) is 57.5 Å². The maximum Gasteiger partial charge on any atom is 0.196 e. The van der Waals surface area contributed by atoms with Gasteiger partial charge in [0, 0.05) is 20.2 Å². The molecule has 0 bridgehead atoms. The molecule has 0 aliphatic heterocycles. The summed E-state index contributed by atoms with van der Waals surface area (Å²) < 4.78 is 1.65. The summed E-state index contributed by atoms with van der Waals surface area (Å²) in [6, 6.07) is 9.48. The summed E-state index contributed by atoms with van der Waals surface area (Å²) in [5.41, 5.74) is -0.166. The van der Waals surface area contributed by atoms with Gasteiger partial charge in [0.15, 0.2) is 5.43 Å². The quantitative estimate of drug-likeness (QED) is 0.598. The number of phenols is 2. The van der Waals surface area contributed by atoms with Crippen LogP contribution < -0.4 is 5.43 Å². The summed E-state index contributed by atoms with van der Waals surface area (Å²) in [6.45, 7) is 0. The van der Waals surface area contributed by atoms with Crippen LogP contribution in [-0.4, -0.2) is 10.2 Å². The minimum absolute atomic E-state index is 0.0707. The lowest BCUT2D eigenvalue weighted by atomic mass is 10.2. The van der Waals surface area contributed by atoms with Crippen LogP contribution in [0.3, 0.4) is 0 Å². The Kier molecular flexibility index (Phi) is 2.06. The van der Waals surface area contributed by atoms with E-state index in [9.17, 15) is 15.0 Å². The molecule has 0 saturated heterocycles. The van der Waals surface area contributed by atoms with Gasteiger partial charge < -0.3 is 10.2 Å². The van der Waals surface area contributed by atoms with Crippen LogP contribution in [-0.2, 0) is 0 Å². The fourth-order valence-electron chi connectivity index (χ4n) is 1.83. The maximum absolute atomic E-state index is 12.2. The first kappa shape index (κ1) is 10.1. The first-order valence-electron chi connectivity index (χ1n) is 5.04. The van der Waals surface area contributed by atoms with Gasteiger partial charge in [-0.15, -0.1) is 11.3 Å². The van der Waals surface area contributed by atoms with Crippen molar-refractivity contribution in [2.45, 2.75) is 0 Å². The second kappa shape index (κ2) is 3.46. The maximum atomic E-state index is 12.2. The second-order valence-electron chi connectivity index (χ2n) is 3.79. The van der Waals surface area contributed by atoms with Crippen molar-refractivity contribution in [2.24, 2.45) is 0 Å². The molecular formula is C13H8O3S. The first-order valence-corrected chi connectivity index (χ1v) is 5.85. The highest BCUT2D eigenvalue weighted by Gasteiger charge is 2.07. The summed E-state index contributed by atoms with van der Waals surface area (Å²) in [6.07, 6.45) is 0. The predicted octanol–water partition coefficient (Wildman–Crippen LogP) is 2.83. The van der Waals surface area contributed by atoms with Crippen LogP contribution in [0.1, 0.15) is 0 Å². The molecule has 0 atom stereocenters. The first-order chi connectivity index (χ1) is 8.15. The van der Waals surface area contributed by atoms with Crippen molar-refractivity contribution in [2.75, 3.05) is 0 Å². The molecule has 0 unspecified atom stereocenters. The van der Waals surface area contributed by atoms with E-state index >= 15 is 0 Å². The Labute approximate surface area is 100 Å². The fourth-order valence-corrected chi connectivity index (χ4v) is 2.86. The van der Waals surface area contributed by atoms with E-state index in [4.69, 9.17) is 0 Å². The molecule has 2 aromatic carbocycles. The normalized spacial score (nSPS) is 11.1. The molecule has 0 aliphatic rings. The van der Waals surface area contributed by atoms with Crippen molar-refractivity contribution in [1.82, 2.24) is 0 Å². The molecule has 3 rings (SSSR count). The third kappa shape index (κ3) is 1.54. The van der Waals surface area contributed by atoms with Gasteiger partial charge in [0.2, 0.25) is 0 Å². The van der Waals surface area contributed by atoms with Gasteiger partial charge >= 0.3 is 0 Å². The smallest absolute Gasteiger partial charge is 0.196 e. The summed E-state index contributed by atoms with van der Waals surface area (Å²) in [5, 5.41) is 19.8. The highest BCUT2D eigenvalue weighted by Crippen LogP contribution is 2.28.